The summed E-state index contributed by atoms with van der Waals surface area (Å²) in [4.78, 5) is 32.9. The molecule has 0 unspecified atom stereocenters. The van der Waals surface area contributed by atoms with Crippen LogP contribution in [0.15, 0.2) is 95.2 Å². The zero-order valence-electron chi connectivity index (χ0n) is 19.0. The van der Waals surface area contributed by atoms with Crippen LogP contribution >= 0.6 is 11.3 Å². The topological polar surface area (TPSA) is 155 Å². The van der Waals surface area contributed by atoms with Crippen molar-refractivity contribution >= 4 is 51.2 Å². The molecule has 0 fully saturated rings. The van der Waals surface area contributed by atoms with Crippen molar-refractivity contribution in [3.63, 3.8) is 0 Å². The maximum Gasteiger partial charge on any atom is 2.00 e. The molecule has 0 saturated heterocycles. The van der Waals surface area contributed by atoms with E-state index >= 15 is 0 Å². The number of hydrogen-bond donors (Lipinski definition) is 0. The molecular weight excluding hydrogens is 525 g/mol. The first kappa shape index (κ1) is 30.0. The van der Waals surface area contributed by atoms with Crippen molar-refractivity contribution in [2.45, 2.75) is 6.92 Å². The summed E-state index contributed by atoms with van der Waals surface area (Å²) in [7, 11) is 0. The Morgan fingerprint density at radius 2 is 1.47 bits per heavy atom. The quantitative estimate of drug-likeness (QED) is 0.111. The van der Waals surface area contributed by atoms with E-state index in [1.165, 1.54) is 0 Å². The van der Waals surface area contributed by atoms with Crippen molar-refractivity contribution in [1.29, 1.82) is 0 Å². The first-order valence-electron chi connectivity index (χ1n) is 10.0. The van der Waals surface area contributed by atoms with Crippen molar-refractivity contribution in [3.8, 4) is 0 Å². The largest absolute Gasteiger partial charge is 2.00 e. The van der Waals surface area contributed by atoms with Gasteiger partial charge in [0.2, 0.25) is 0 Å². The fourth-order valence-corrected chi connectivity index (χ4v) is 3.34. The number of benzene rings is 1. The Bertz CT molecular complexity index is 1340. The van der Waals surface area contributed by atoms with Crippen LogP contribution in [0.3, 0.4) is 0 Å². The molecule has 0 aliphatic heterocycles. The Morgan fingerprint density at radius 3 is 1.97 bits per heavy atom. The first-order valence-corrected chi connectivity index (χ1v) is 11.0. The average Bonchev–Trinajstić information content (AvgIpc) is 3.38. The SMILES string of the molecule is CC(=O)[O-].O=C([N-]/N=C\c1ccsc1)c1ccncc1.[Ni+2].[OH3+].c1cnc2c(c1)ccc1cccnc12. The molecule has 9 nitrogen and oxygen atoms in total. The smallest absolute Gasteiger partial charge is 0.550 e. The van der Waals surface area contributed by atoms with Crippen molar-refractivity contribution in [2.24, 2.45) is 5.10 Å². The molecule has 0 spiro atoms. The summed E-state index contributed by atoms with van der Waals surface area (Å²) in [6.45, 7) is 0.972. The maximum atomic E-state index is 11.5. The second kappa shape index (κ2) is 15.8. The van der Waals surface area contributed by atoms with Gasteiger partial charge in [0.15, 0.2) is 0 Å². The van der Waals surface area contributed by atoms with E-state index < -0.39 is 5.97 Å². The number of amides is 1. The van der Waals surface area contributed by atoms with Crippen molar-refractivity contribution in [2.75, 3.05) is 0 Å². The second-order valence-corrected chi connectivity index (χ2v) is 7.43. The number of carboxylic acids is 1. The van der Waals surface area contributed by atoms with Crippen molar-refractivity contribution in [1.82, 2.24) is 15.0 Å². The Morgan fingerprint density at radius 1 is 0.917 bits per heavy atom. The van der Waals surface area contributed by atoms with Crippen molar-refractivity contribution < 1.29 is 36.7 Å². The van der Waals surface area contributed by atoms with Crippen LogP contribution in [0, 0.1) is 0 Å². The molecule has 0 saturated carbocycles. The molecule has 11 heteroatoms. The van der Waals surface area contributed by atoms with Gasteiger partial charge in [-0.3, -0.25) is 15.0 Å². The molecule has 5 rings (SSSR count). The minimum atomic E-state index is -1.08. The number of carbonyl (C=O) groups is 2. The summed E-state index contributed by atoms with van der Waals surface area (Å²) in [6.07, 6.45) is 8.25. The number of aliphatic carboxylic acids is 1. The van der Waals surface area contributed by atoms with Crippen LogP contribution in [-0.2, 0) is 26.8 Å². The summed E-state index contributed by atoms with van der Waals surface area (Å²) in [5, 5.41) is 18.8. The maximum absolute atomic E-state index is 11.5. The minimum absolute atomic E-state index is 0. The number of carbonyl (C=O) groups excluding carboxylic acids is 2. The molecule has 186 valence electrons. The summed E-state index contributed by atoms with van der Waals surface area (Å²) in [5.41, 5.74) is 6.96. The Balaban J connectivity index is 0.000000301. The Labute approximate surface area is 221 Å². The molecule has 1 aromatic carbocycles. The summed E-state index contributed by atoms with van der Waals surface area (Å²) in [6, 6.07) is 17.2. The summed E-state index contributed by atoms with van der Waals surface area (Å²) >= 11 is 1.57. The molecule has 4 heterocycles. The molecule has 4 aromatic heterocycles. The first-order chi connectivity index (χ1) is 16.5. The van der Waals surface area contributed by atoms with Gasteiger partial charge in [0, 0.05) is 58.9 Å². The molecule has 0 radical (unpaired) electrons. The number of thiophene rings is 1. The third-order valence-corrected chi connectivity index (χ3v) is 4.87. The fraction of sp³-hybridized carbons (Fsp3) is 0.0400. The third-order valence-electron chi connectivity index (χ3n) is 4.17. The van der Waals surface area contributed by atoms with Crippen LogP contribution in [0.2, 0.25) is 0 Å². The van der Waals surface area contributed by atoms with E-state index in [-0.39, 0.29) is 27.9 Å². The molecule has 36 heavy (non-hydrogen) atoms. The number of fused-ring (bicyclic) bond motifs is 3. The molecule has 0 atom stereocenters. The fourth-order valence-electron chi connectivity index (χ4n) is 2.73. The van der Waals surface area contributed by atoms with E-state index in [4.69, 9.17) is 9.90 Å². The van der Waals surface area contributed by atoms with Crippen LogP contribution < -0.4 is 5.11 Å². The predicted octanol–water partition coefficient (Wildman–Crippen LogP) is 3.31. The van der Waals surface area contributed by atoms with Gasteiger partial charge in [0.05, 0.1) is 16.9 Å². The van der Waals surface area contributed by atoms with Gasteiger partial charge in [0.25, 0.3) is 0 Å². The van der Waals surface area contributed by atoms with E-state index in [9.17, 15) is 4.79 Å². The minimum Gasteiger partial charge on any atom is -0.550 e. The van der Waals surface area contributed by atoms with Gasteiger partial charge in [0.1, 0.15) is 0 Å². The molecule has 0 bridgehead atoms. The number of aromatic nitrogens is 3. The van der Waals surface area contributed by atoms with E-state index in [0.717, 1.165) is 34.3 Å². The number of nitrogens with zero attached hydrogens (tertiary/aromatic N) is 5. The number of pyridine rings is 3. The van der Waals surface area contributed by atoms with E-state index in [1.54, 1.807) is 54.5 Å². The third kappa shape index (κ3) is 9.30. The standard InChI is InChI=1S/C12H8N2.C11H9N3OS.C2H4O2.Ni.H2O/c1-3-9-5-6-10-4-2-8-14-12(10)11(9)13-7-1;15-11(10-1-4-12-5-2-10)14-13-7-9-3-6-16-8-9;1-2(3)4;;/h1-8H;1-8H,(H,14,15);1H3,(H,3,4);;1H2/q;;;+2;/p-1/b;13-7-;;;. The van der Waals surface area contributed by atoms with Crippen LogP contribution in [0.1, 0.15) is 22.8 Å². The molecular formula is C25H22N5NiO4S+. The predicted molar refractivity (Wildman–Crippen MR) is 136 cm³/mol. The molecule has 5 aromatic rings. The zero-order chi connectivity index (χ0) is 24.2. The Kier molecular flexibility index (Phi) is 13.1. The van der Waals surface area contributed by atoms with Crippen LogP contribution in [0.4, 0.5) is 0 Å². The monoisotopic (exact) mass is 546 g/mol. The van der Waals surface area contributed by atoms with Gasteiger partial charge >= 0.3 is 16.5 Å². The van der Waals surface area contributed by atoms with Crippen LogP contribution in [-0.4, -0.2) is 33.0 Å². The molecule has 3 N–H and O–H groups in total. The van der Waals surface area contributed by atoms with Crippen LogP contribution in [0.5, 0.6) is 0 Å². The van der Waals surface area contributed by atoms with Gasteiger partial charge in [-0.2, -0.15) is 11.3 Å². The van der Waals surface area contributed by atoms with Gasteiger partial charge in [-0.05, 0) is 48.0 Å². The number of carboxylic acid groups (broad SMARTS) is 1. The van der Waals surface area contributed by atoms with Gasteiger partial charge in [-0.25, -0.2) is 0 Å². The van der Waals surface area contributed by atoms with Crippen molar-refractivity contribution in [3.05, 3.63) is 107 Å². The zero-order valence-corrected chi connectivity index (χ0v) is 20.8. The van der Waals surface area contributed by atoms with E-state index in [0.29, 0.717) is 5.56 Å². The molecule has 1 amide bonds. The number of rotatable bonds is 3. The number of hydrogen-bond acceptors (Lipinski definition) is 8. The Hall–Kier alpha value is -4.05. The van der Waals surface area contributed by atoms with E-state index in [2.05, 4.69) is 49.7 Å². The molecule has 0 aliphatic rings. The van der Waals surface area contributed by atoms with Gasteiger partial charge < -0.3 is 30.7 Å². The summed E-state index contributed by atoms with van der Waals surface area (Å²) in [5.74, 6) is -1.45. The molecule has 0 aliphatic carbocycles. The van der Waals surface area contributed by atoms with E-state index in [1.807, 2.05) is 29.0 Å². The van der Waals surface area contributed by atoms with Gasteiger partial charge in [-0.1, -0.05) is 24.3 Å². The van der Waals surface area contributed by atoms with Crippen LogP contribution in [0.25, 0.3) is 27.2 Å². The normalized spacial score (nSPS) is 9.58. The second-order valence-electron chi connectivity index (χ2n) is 6.65. The average molecular weight is 547 g/mol. The van der Waals surface area contributed by atoms with Gasteiger partial charge in [-0.15, -0.1) is 0 Å². The summed E-state index contributed by atoms with van der Waals surface area (Å²) < 4.78 is 0.